The second kappa shape index (κ2) is 7.27. The summed E-state index contributed by atoms with van der Waals surface area (Å²) in [5, 5.41) is 11.8. The van der Waals surface area contributed by atoms with Gasteiger partial charge in [-0.3, -0.25) is 4.79 Å². The molecule has 0 saturated carbocycles. The van der Waals surface area contributed by atoms with Crippen molar-refractivity contribution in [3.8, 4) is 0 Å². The molecular formula is C15H20F3N3O2. The number of aliphatic hydroxyl groups excluding tert-OH is 1. The fraction of sp³-hybridized carbons (Fsp3) is 0.600. The molecule has 5 nitrogen and oxygen atoms in total. The summed E-state index contributed by atoms with van der Waals surface area (Å²) in [6.45, 7) is 2.08. The van der Waals surface area contributed by atoms with Gasteiger partial charge < -0.3 is 15.3 Å². The molecule has 2 rings (SSSR count). The van der Waals surface area contributed by atoms with Crippen LogP contribution >= 0.6 is 0 Å². The predicted octanol–water partition coefficient (Wildman–Crippen LogP) is 1.96. The van der Waals surface area contributed by atoms with E-state index in [0.717, 1.165) is 5.69 Å². The van der Waals surface area contributed by atoms with E-state index < -0.39 is 18.8 Å². The van der Waals surface area contributed by atoms with E-state index in [0.29, 0.717) is 31.7 Å². The summed E-state index contributed by atoms with van der Waals surface area (Å²) in [6, 6.07) is 5.30. The standard InChI is InChI=1S/C15H20F3N3O2/c1-10-3-2-4-13(19-10)20-14(23)11-5-7-21(8-6-11)9-12(22)15(16,17)18/h2-4,11-12,22H,5-9H2,1H3,(H,19,20,23). The van der Waals surface area contributed by atoms with E-state index in [1.807, 2.05) is 13.0 Å². The highest BCUT2D eigenvalue weighted by molar-refractivity contribution is 5.91. The van der Waals surface area contributed by atoms with E-state index in [2.05, 4.69) is 10.3 Å². The molecular weight excluding hydrogens is 311 g/mol. The van der Waals surface area contributed by atoms with Gasteiger partial charge in [0.25, 0.3) is 0 Å². The van der Waals surface area contributed by atoms with Crippen molar-refractivity contribution in [2.75, 3.05) is 25.0 Å². The molecule has 2 heterocycles. The number of alkyl halides is 3. The summed E-state index contributed by atoms with van der Waals surface area (Å²) >= 11 is 0. The first-order chi connectivity index (χ1) is 10.8. The Morgan fingerprint density at radius 2 is 2.09 bits per heavy atom. The first kappa shape index (κ1) is 17.7. The normalized spacial score (nSPS) is 18.7. The maximum absolute atomic E-state index is 12.3. The quantitative estimate of drug-likeness (QED) is 0.885. The molecule has 1 aromatic heterocycles. The molecule has 128 valence electrons. The predicted molar refractivity (Wildman–Crippen MR) is 78.8 cm³/mol. The molecule has 2 N–H and O–H groups in total. The van der Waals surface area contributed by atoms with Gasteiger partial charge in [0.1, 0.15) is 5.82 Å². The van der Waals surface area contributed by atoms with E-state index in [9.17, 15) is 18.0 Å². The van der Waals surface area contributed by atoms with Crippen LogP contribution in [0.1, 0.15) is 18.5 Å². The van der Waals surface area contributed by atoms with Crippen LogP contribution in [0.25, 0.3) is 0 Å². The summed E-state index contributed by atoms with van der Waals surface area (Å²) in [5.41, 5.74) is 0.791. The van der Waals surface area contributed by atoms with E-state index >= 15 is 0 Å². The number of nitrogens with one attached hydrogen (secondary N) is 1. The number of nitrogens with zero attached hydrogens (tertiary/aromatic N) is 2. The molecule has 1 aliphatic heterocycles. The summed E-state index contributed by atoms with van der Waals surface area (Å²) in [4.78, 5) is 17.9. The molecule has 1 unspecified atom stereocenters. The van der Waals surface area contributed by atoms with Crippen molar-refractivity contribution in [3.05, 3.63) is 23.9 Å². The number of amides is 1. The van der Waals surface area contributed by atoms with Crippen LogP contribution in [0.4, 0.5) is 19.0 Å². The minimum absolute atomic E-state index is 0.167. The summed E-state index contributed by atoms with van der Waals surface area (Å²) < 4.78 is 37.0. The molecule has 1 aliphatic rings. The number of hydrogen-bond donors (Lipinski definition) is 2. The van der Waals surface area contributed by atoms with Crippen LogP contribution in [-0.2, 0) is 4.79 Å². The van der Waals surface area contributed by atoms with Crippen LogP contribution < -0.4 is 5.32 Å². The maximum atomic E-state index is 12.3. The Balaban J connectivity index is 1.81. The maximum Gasteiger partial charge on any atom is 0.415 e. The number of aliphatic hydroxyl groups is 1. The number of aromatic nitrogens is 1. The van der Waals surface area contributed by atoms with Gasteiger partial charge in [-0.25, -0.2) is 4.98 Å². The van der Waals surface area contributed by atoms with Gasteiger partial charge >= 0.3 is 6.18 Å². The number of hydrogen-bond acceptors (Lipinski definition) is 4. The molecule has 1 atom stereocenters. The molecule has 1 aromatic rings. The van der Waals surface area contributed by atoms with Gasteiger partial charge in [0, 0.05) is 18.2 Å². The molecule has 0 radical (unpaired) electrons. The summed E-state index contributed by atoms with van der Waals surface area (Å²) in [6.07, 6.45) is -6.03. The highest BCUT2D eigenvalue weighted by Crippen LogP contribution is 2.24. The van der Waals surface area contributed by atoms with Crippen molar-refractivity contribution >= 4 is 11.7 Å². The number of β-amino-alcohol motifs (C(OH)–C–C–N with tert-alkyl or cyclic N) is 1. The van der Waals surface area contributed by atoms with Gasteiger partial charge in [-0.05, 0) is 45.0 Å². The lowest BCUT2D eigenvalue weighted by molar-refractivity contribution is -0.208. The van der Waals surface area contributed by atoms with Crippen LogP contribution in [0.5, 0.6) is 0 Å². The molecule has 0 bridgehead atoms. The lowest BCUT2D eigenvalue weighted by Gasteiger charge is -2.32. The van der Waals surface area contributed by atoms with Crippen LogP contribution in [0.2, 0.25) is 0 Å². The first-order valence-corrected chi connectivity index (χ1v) is 7.47. The second-order valence-electron chi connectivity index (χ2n) is 5.79. The molecule has 1 saturated heterocycles. The van der Waals surface area contributed by atoms with E-state index in [1.54, 1.807) is 12.1 Å². The van der Waals surface area contributed by atoms with Gasteiger partial charge in [-0.15, -0.1) is 0 Å². The Hall–Kier alpha value is -1.67. The average Bonchev–Trinajstić information content (AvgIpc) is 2.47. The number of pyridine rings is 1. The number of aryl methyl sites for hydroxylation is 1. The number of carbonyl (C=O) groups excluding carboxylic acids is 1. The highest BCUT2D eigenvalue weighted by Gasteiger charge is 2.39. The van der Waals surface area contributed by atoms with Crippen molar-refractivity contribution < 1.29 is 23.1 Å². The van der Waals surface area contributed by atoms with Gasteiger partial charge in [0.05, 0.1) is 0 Å². The zero-order valence-corrected chi connectivity index (χ0v) is 12.8. The van der Waals surface area contributed by atoms with E-state index in [4.69, 9.17) is 5.11 Å². The molecule has 0 aromatic carbocycles. The minimum atomic E-state index is -4.61. The Morgan fingerprint density at radius 3 is 2.65 bits per heavy atom. The lowest BCUT2D eigenvalue weighted by Crippen LogP contribution is -2.45. The summed E-state index contributed by atoms with van der Waals surface area (Å²) in [7, 11) is 0. The third kappa shape index (κ3) is 5.18. The van der Waals surface area contributed by atoms with Gasteiger partial charge in [-0.1, -0.05) is 6.07 Å². The van der Waals surface area contributed by atoms with Crippen molar-refractivity contribution in [2.24, 2.45) is 5.92 Å². The third-order valence-electron chi connectivity index (χ3n) is 3.91. The Morgan fingerprint density at radius 1 is 1.43 bits per heavy atom. The topological polar surface area (TPSA) is 65.5 Å². The number of anilines is 1. The van der Waals surface area contributed by atoms with Crippen LogP contribution in [0.15, 0.2) is 18.2 Å². The fourth-order valence-corrected chi connectivity index (χ4v) is 2.57. The van der Waals surface area contributed by atoms with Crippen molar-refractivity contribution in [1.82, 2.24) is 9.88 Å². The highest BCUT2D eigenvalue weighted by atomic mass is 19.4. The molecule has 0 aliphatic carbocycles. The zero-order valence-electron chi connectivity index (χ0n) is 12.8. The van der Waals surface area contributed by atoms with Crippen molar-refractivity contribution in [2.45, 2.75) is 32.0 Å². The third-order valence-corrected chi connectivity index (χ3v) is 3.91. The molecule has 8 heteroatoms. The van der Waals surface area contributed by atoms with Crippen molar-refractivity contribution in [1.29, 1.82) is 0 Å². The lowest BCUT2D eigenvalue weighted by atomic mass is 9.95. The smallest absolute Gasteiger partial charge is 0.382 e. The van der Waals surface area contributed by atoms with Gasteiger partial charge in [0.15, 0.2) is 6.10 Å². The summed E-state index contributed by atoms with van der Waals surface area (Å²) in [5.74, 6) is 0.0561. The monoisotopic (exact) mass is 331 g/mol. The van der Waals surface area contributed by atoms with Crippen LogP contribution in [0, 0.1) is 12.8 Å². The number of likely N-dealkylation sites (tertiary alicyclic amines) is 1. The SMILES string of the molecule is Cc1cccc(NC(=O)C2CCN(CC(O)C(F)(F)F)CC2)n1. The van der Waals surface area contributed by atoms with Gasteiger partial charge in [0.2, 0.25) is 5.91 Å². The second-order valence-corrected chi connectivity index (χ2v) is 5.79. The van der Waals surface area contributed by atoms with Crippen molar-refractivity contribution in [3.63, 3.8) is 0 Å². The number of carbonyl (C=O) groups is 1. The number of piperidine rings is 1. The Kier molecular flexibility index (Phi) is 5.59. The largest absolute Gasteiger partial charge is 0.415 e. The average molecular weight is 331 g/mol. The van der Waals surface area contributed by atoms with Crippen LogP contribution in [-0.4, -0.2) is 52.8 Å². The zero-order chi connectivity index (χ0) is 17.0. The molecule has 1 fully saturated rings. The van der Waals surface area contributed by atoms with E-state index in [-0.39, 0.29) is 11.8 Å². The Labute approximate surface area is 132 Å². The fourth-order valence-electron chi connectivity index (χ4n) is 2.57. The molecule has 1 amide bonds. The minimum Gasteiger partial charge on any atom is -0.382 e. The molecule has 0 spiro atoms. The van der Waals surface area contributed by atoms with E-state index in [1.165, 1.54) is 4.90 Å². The number of halogens is 3. The first-order valence-electron chi connectivity index (χ1n) is 7.47. The molecule has 23 heavy (non-hydrogen) atoms. The van der Waals surface area contributed by atoms with Gasteiger partial charge in [-0.2, -0.15) is 13.2 Å². The van der Waals surface area contributed by atoms with Crippen LogP contribution in [0.3, 0.4) is 0 Å². The Bertz CT molecular complexity index is 543. The number of rotatable bonds is 4.